The molecule has 0 saturated heterocycles. The number of aromatic amines is 1. The van der Waals surface area contributed by atoms with Gasteiger partial charge in [0.1, 0.15) is 0 Å². The summed E-state index contributed by atoms with van der Waals surface area (Å²) in [6.07, 6.45) is 1.94. The first-order valence-electron chi connectivity index (χ1n) is 7.90. The third-order valence-electron chi connectivity index (χ3n) is 3.79. The summed E-state index contributed by atoms with van der Waals surface area (Å²) in [5, 5.41) is 3.89. The molecular formula is C19H17BrN2O3. The Morgan fingerprint density at radius 3 is 2.80 bits per heavy atom. The van der Waals surface area contributed by atoms with E-state index in [-0.39, 0.29) is 18.3 Å². The van der Waals surface area contributed by atoms with Crippen molar-refractivity contribution in [3.63, 3.8) is 0 Å². The second-order valence-electron chi connectivity index (χ2n) is 5.49. The van der Waals surface area contributed by atoms with E-state index < -0.39 is 0 Å². The number of halogens is 1. The lowest BCUT2D eigenvalue weighted by Gasteiger charge is -2.11. The molecule has 1 heterocycles. The summed E-state index contributed by atoms with van der Waals surface area (Å²) in [6, 6.07) is 12.7. The van der Waals surface area contributed by atoms with Gasteiger partial charge in [-0.3, -0.25) is 9.59 Å². The Hall–Kier alpha value is -2.60. The number of rotatable bonds is 5. The largest absolute Gasteiger partial charge is 0.466 e. The minimum atomic E-state index is -0.320. The average Bonchev–Trinajstić information content (AvgIpc) is 3.06. The molecular weight excluding hydrogens is 384 g/mol. The predicted molar refractivity (Wildman–Crippen MR) is 101 cm³/mol. The van der Waals surface area contributed by atoms with Crippen molar-refractivity contribution in [2.24, 2.45) is 0 Å². The van der Waals surface area contributed by atoms with Crippen LogP contribution in [0.15, 0.2) is 53.1 Å². The number of hydrogen-bond donors (Lipinski definition) is 2. The fraction of sp³-hybridized carbons (Fsp3) is 0.158. The van der Waals surface area contributed by atoms with Crippen molar-refractivity contribution < 1.29 is 14.3 Å². The molecule has 0 aliphatic carbocycles. The highest BCUT2D eigenvalue weighted by molar-refractivity contribution is 9.10. The normalized spacial score (nSPS) is 10.6. The van der Waals surface area contributed by atoms with Crippen molar-refractivity contribution in [2.75, 3.05) is 11.9 Å². The quantitative estimate of drug-likeness (QED) is 0.627. The molecule has 0 bridgehead atoms. The highest BCUT2D eigenvalue weighted by Crippen LogP contribution is 2.26. The summed E-state index contributed by atoms with van der Waals surface area (Å²) >= 11 is 3.48. The summed E-state index contributed by atoms with van der Waals surface area (Å²) < 4.78 is 5.83. The Morgan fingerprint density at radius 2 is 2.00 bits per heavy atom. The van der Waals surface area contributed by atoms with Crippen LogP contribution < -0.4 is 5.32 Å². The van der Waals surface area contributed by atoms with Gasteiger partial charge in [-0.25, -0.2) is 0 Å². The summed E-state index contributed by atoms with van der Waals surface area (Å²) in [4.78, 5) is 27.5. The molecule has 0 atom stereocenters. The first kappa shape index (κ1) is 17.2. The number of para-hydroxylation sites is 1. The lowest BCUT2D eigenvalue weighted by Crippen LogP contribution is -2.15. The van der Waals surface area contributed by atoms with Gasteiger partial charge in [-0.1, -0.05) is 34.1 Å². The maximum Gasteiger partial charge on any atom is 0.310 e. The van der Waals surface area contributed by atoms with E-state index in [2.05, 4.69) is 26.2 Å². The number of amides is 1. The van der Waals surface area contributed by atoms with E-state index in [4.69, 9.17) is 4.74 Å². The number of hydrogen-bond acceptors (Lipinski definition) is 3. The zero-order valence-electron chi connectivity index (χ0n) is 13.6. The van der Waals surface area contributed by atoms with E-state index in [9.17, 15) is 9.59 Å². The second kappa shape index (κ2) is 7.53. The van der Waals surface area contributed by atoms with E-state index in [0.717, 1.165) is 15.4 Å². The number of H-pyrrole nitrogens is 1. The van der Waals surface area contributed by atoms with Crippen LogP contribution in [0.25, 0.3) is 10.9 Å². The van der Waals surface area contributed by atoms with Crippen LogP contribution in [0.3, 0.4) is 0 Å². The van der Waals surface area contributed by atoms with Gasteiger partial charge in [0.05, 0.1) is 13.0 Å². The molecule has 1 amide bonds. The minimum absolute atomic E-state index is 0.115. The number of benzene rings is 2. The molecule has 5 nitrogen and oxygen atoms in total. The summed E-state index contributed by atoms with van der Waals surface area (Å²) in [6.45, 7) is 2.09. The van der Waals surface area contributed by atoms with Crippen LogP contribution in [-0.2, 0) is 16.0 Å². The molecule has 6 heteroatoms. The SMILES string of the molecule is CCOC(=O)Cc1ccccc1NC(=O)c1cc(Br)c2cc[nH]c2c1. The molecule has 0 spiro atoms. The number of anilines is 1. The Bertz CT molecular complexity index is 933. The number of esters is 1. The molecule has 0 aliphatic heterocycles. The number of ether oxygens (including phenoxy) is 1. The van der Waals surface area contributed by atoms with Gasteiger partial charge in [0, 0.05) is 32.8 Å². The molecule has 0 radical (unpaired) electrons. The first-order chi connectivity index (χ1) is 12.1. The summed E-state index contributed by atoms with van der Waals surface area (Å²) in [7, 11) is 0. The topological polar surface area (TPSA) is 71.2 Å². The van der Waals surface area contributed by atoms with Crippen molar-refractivity contribution in [3.05, 3.63) is 64.3 Å². The number of fused-ring (bicyclic) bond motifs is 1. The molecule has 128 valence electrons. The number of carbonyl (C=O) groups is 2. The van der Waals surface area contributed by atoms with Gasteiger partial charge in [0.15, 0.2) is 0 Å². The molecule has 3 aromatic rings. The van der Waals surface area contributed by atoms with Crippen molar-refractivity contribution >= 4 is 44.4 Å². The van der Waals surface area contributed by atoms with Crippen molar-refractivity contribution in [3.8, 4) is 0 Å². The Morgan fingerprint density at radius 1 is 1.20 bits per heavy atom. The summed E-state index contributed by atoms with van der Waals surface area (Å²) in [5.41, 5.74) is 2.71. The molecule has 0 saturated carbocycles. The Balaban J connectivity index is 1.83. The molecule has 25 heavy (non-hydrogen) atoms. The van der Waals surface area contributed by atoms with E-state index in [1.165, 1.54) is 0 Å². The van der Waals surface area contributed by atoms with Gasteiger partial charge >= 0.3 is 5.97 Å². The van der Waals surface area contributed by atoms with Crippen molar-refractivity contribution in [1.29, 1.82) is 0 Å². The highest BCUT2D eigenvalue weighted by atomic mass is 79.9. The molecule has 0 aliphatic rings. The zero-order valence-corrected chi connectivity index (χ0v) is 15.2. The van der Waals surface area contributed by atoms with Crippen LogP contribution >= 0.6 is 15.9 Å². The van der Waals surface area contributed by atoms with Gasteiger partial charge in [-0.05, 0) is 36.8 Å². The second-order valence-corrected chi connectivity index (χ2v) is 6.34. The third-order valence-corrected chi connectivity index (χ3v) is 4.44. The Labute approximate surface area is 153 Å². The lowest BCUT2D eigenvalue weighted by molar-refractivity contribution is -0.142. The van der Waals surface area contributed by atoms with E-state index in [1.807, 2.05) is 24.4 Å². The minimum Gasteiger partial charge on any atom is -0.466 e. The van der Waals surface area contributed by atoms with Crippen LogP contribution in [0.1, 0.15) is 22.8 Å². The molecule has 2 aromatic carbocycles. The first-order valence-corrected chi connectivity index (χ1v) is 8.69. The van der Waals surface area contributed by atoms with E-state index in [1.54, 1.807) is 31.2 Å². The third kappa shape index (κ3) is 3.91. The monoisotopic (exact) mass is 400 g/mol. The molecule has 3 rings (SSSR count). The maximum atomic E-state index is 12.6. The molecule has 0 unspecified atom stereocenters. The van der Waals surface area contributed by atoms with Crippen LogP contribution in [0.2, 0.25) is 0 Å². The molecule has 1 aromatic heterocycles. The number of carbonyl (C=O) groups excluding carboxylic acids is 2. The van der Waals surface area contributed by atoms with Crippen LogP contribution in [0, 0.1) is 0 Å². The highest BCUT2D eigenvalue weighted by Gasteiger charge is 2.14. The standard InChI is InChI=1S/C19H17BrN2O3/c1-2-25-18(23)11-12-5-3-4-6-16(12)22-19(24)13-9-15(20)14-7-8-21-17(14)10-13/h3-10,21H,2,11H2,1H3,(H,22,24). The van der Waals surface area contributed by atoms with Crippen molar-refractivity contribution in [1.82, 2.24) is 4.98 Å². The van der Waals surface area contributed by atoms with Crippen molar-refractivity contribution in [2.45, 2.75) is 13.3 Å². The van der Waals surface area contributed by atoms with E-state index >= 15 is 0 Å². The van der Waals surface area contributed by atoms with Crippen LogP contribution in [-0.4, -0.2) is 23.5 Å². The smallest absolute Gasteiger partial charge is 0.310 e. The van der Waals surface area contributed by atoms with E-state index in [0.29, 0.717) is 23.4 Å². The number of nitrogens with one attached hydrogen (secondary N) is 2. The predicted octanol–water partition coefficient (Wildman–Crippen LogP) is 4.29. The van der Waals surface area contributed by atoms with Gasteiger partial charge in [-0.15, -0.1) is 0 Å². The molecule has 2 N–H and O–H groups in total. The zero-order chi connectivity index (χ0) is 17.8. The van der Waals surface area contributed by atoms with Gasteiger partial charge in [0.25, 0.3) is 5.91 Å². The molecule has 0 fully saturated rings. The number of aromatic nitrogens is 1. The van der Waals surface area contributed by atoms with Gasteiger partial charge in [0.2, 0.25) is 0 Å². The maximum absolute atomic E-state index is 12.6. The fourth-order valence-corrected chi connectivity index (χ4v) is 3.20. The lowest BCUT2D eigenvalue weighted by atomic mass is 10.1. The van der Waals surface area contributed by atoms with Crippen LogP contribution in [0.5, 0.6) is 0 Å². The van der Waals surface area contributed by atoms with Crippen LogP contribution in [0.4, 0.5) is 5.69 Å². The van der Waals surface area contributed by atoms with Gasteiger partial charge < -0.3 is 15.0 Å². The average molecular weight is 401 g/mol. The Kier molecular flexibility index (Phi) is 5.19. The van der Waals surface area contributed by atoms with Gasteiger partial charge in [-0.2, -0.15) is 0 Å². The summed E-state index contributed by atoms with van der Waals surface area (Å²) in [5.74, 6) is -0.562. The fourth-order valence-electron chi connectivity index (χ4n) is 2.61.